The number of halogens is 1. The summed E-state index contributed by atoms with van der Waals surface area (Å²) in [6.07, 6.45) is 1.49. The topological polar surface area (TPSA) is 80.9 Å². The van der Waals surface area contributed by atoms with Crippen molar-refractivity contribution in [3.05, 3.63) is 32.7 Å². The summed E-state index contributed by atoms with van der Waals surface area (Å²) in [5, 5.41) is 13.7. The van der Waals surface area contributed by atoms with Crippen LogP contribution in [0.25, 0.3) is 11.0 Å². The van der Waals surface area contributed by atoms with Crippen molar-refractivity contribution >= 4 is 27.0 Å². The van der Waals surface area contributed by atoms with Crippen LogP contribution in [-0.4, -0.2) is 27.7 Å². The van der Waals surface area contributed by atoms with Gasteiger partial charge in [-0.15, -0.1) is 0 Å². The predicted molar refractivity (Wildman–Crippen MR) is 72.6 cm³/mol. The van der Waals surface area contributed by atoms with Gasteiger partial charge >= 0.3 is 5.69 Å². The van der Waals surface area contributed by atoms with Crippen LogP contribution in [0.4, 0.5) is 0 Å². The number of imidazole rings is 1. The molecule has 1 fully saturated rings. The highest BCUT2D eigenvalue weighted by molar-refractivity contribution is 9.10. The molecule has 2 heterocycles. The number of nitrogens with one attached hydrogen (secondary N) is 3. The van der Waals surface area contributed by atoms with Crippen LogP contribution in [0.15, 0.2) is 21.4 Å². The molecule has 1 aromatic carbocycles. The fourth-order valence-corrected chi connectivity index (χ4v) is 3.08. The molecule has 2 aromatic rings. The van der Waals surface area contributed by atoms with Gasteiger partial charge in [0.05, 0.1) is 17.1 Å². The first-order valence-corrected chi connectivity index (χ1v) is 6.77. The lowest BCUT2D eigenvalue weighted by Gasteiger charge is -2.19. The average molecular weight is 312 g/mol. The molecule has 2 atom stereocenters. The van der Waals surface area contributed by atoms with E-state index in [4.69, 9.17) is 0 Å². The third-order valence-corrected chi connectivity index (χ3v) is 4.12. The van der Waals surface area contributed by atoms with Gasteiger partial charge in [0.15, 0.2) is 0 Å². The third-order valence-electron chi connectivity index (χ3n) is 3.43. The molecule has 0 bridgehead atoms. The summed E-state index contributed by atoms with van der Waals surface area (Å²) in [4.78, 5) is 16.6. The van der Waals surface area contributed by atoms with E-state index in [-0.39, 0.29) is 11.7 Å². The molecule has 0 radical (unpaired) electrons. The average Bonchev–Trinajstić information content (AvgIpc) is 2.94. The van der Waals surface area contributed by atoms with E-state index in [1.54, 1.807) is 0 Å². The van der Waals surface area contributed by atoms with Gasteiger partial charge in [-0.25, -0.2) is 4.79 Å². The van der Waals surface area contributed by atoms with E-state index in [2.05, 4.69) is 31.2 Å². The molecule has 1 aromatic heterocycles. The number of aliphatic hydroxyl groups excluding tert-OH is 1. The predicted octanol–water partition coefficient (Wildman–Crippen LogP) is 1.40. The van der Waals surface area contributed by atoms with Crippen molar-refractivity contribution in [3.8, 4) is 0 Å². The molecule has 0 spiro atoms. The number of fused-ring (bicyclic) bond motifs is 1. The Morgan fingerprint density at radius 1 is 1.33 bits per heavy atom. The summed E-state index contributed by atoms with van der Waals surface area (Å²) in [6.45, 7) is 0.947. The van der Waals surface area contributed by atoms with Crippen molar-refractivity contribution in [2.24, 2.45) is 0 Å². The molecular weight excluding hydrogens is 298 g/mol. The molecule has 96 valence electrons. The summed E-state index contributed by atoms with van der Waals surface area (Å²) in [5.74, 6) is 0. The molecule has 2 unspecified atom stereocenters. The van der Waals surface area contributed by atoms with Crippen LogP contribution >= 0.6 is 15.9 Å². The summed E-state index contributed by atoms with van der Waals surface area (Å²) >= 11 is 3.45. The number of rotatable bonds is 2. The SMILES string of the molecule is O=c1[nH]c2cc(Br)c(C(O)C3CCCN3)cc2[nH]1. The van der Waals surface area contributed by atoms with Crippen LogP contribution < -0.4 is 11.0 Å². The van der Waals surface area contributed by atoms with E-state index >= 15 is 0 Å². The van der Waals surface area contributed by atoms with Crippen LogP contribution in [0.3, 0.4) is 0 Å². The zero-order chi connectivity index (χ0) is 12.7. The highest BCUT2D eigenvalue weighted by atomic mass is 79.9. The number of benzene rings is 1. The van der Waals surface area contributed by atoms with Gasteiger partial charge in [0.2, 0.25) is 0 Å². The molecule has 4 N–H and O–H groups in total. The first kappa shape index (κ1) is 12.0. The van der Waals surface area contributed by atoms with Crippen LogP contribution in [0.5, 0.6) is 0 Å². The number of aromatic amines is 2. The molecule has 3 rings (SSSR count). The second-order valence-corrected chi connectivity index (χ2v) is 5.50. The lowest BCUT2D eigenvalue weighted by molar-refractivity contribution is 0.137. The minimum absolute atomic E-state index is 0.0874. The van der Waals surface area contributed by atoms with Gasteiger partial charge in [-0.2, -0.15) is 0 Å². The molecule has 0 aliphatic carbocycles. The Morgan fingerprint density at radius 2 is 2.06 bits per heavy atom. The van der Waals surface area contributed by atoms with Crippen molar-refractivity contribution in [1.82, 2.24) is 15.3 Å². The summed E-state index contributed by atoms with van der Waals surface area (Å²) in [5.41, 5.74) is 2.03. The third kappa shape index (κ3) is 2.00. The first-order valence-electron chi connectivity index (χ1n) is 5.98. The summed E-state index contributed by atoms with van der Waals surface area (Å²) in [6, 6.07) is 3.73. The number of aromatic nitrogens is 2. The lowest BCUT2D eigenvalue weighted by Crippen LogP contribution is -2.28. The normalized spacial score (nSPS) is 21.6. The largest absolute Gasteiger partial charge is 0.387 e. The number of hydrogen-bond donors (Lipinski definition) is 4. The Hall–Kier alpha value is -1.11. The second-order valence-electron chi connectivity index (χ2n) is 4.65. The quantitative estimate of drug-likeness (QED) is 0.677. The van der Waals surface area contributed by atoms with E-state index in [9.17, 15) is 9.90 Å². The molecule has 0 saturated carbocycles. The standard InChI is InChI=1S/C12H14BrN3O2/c13-7-5-10-9(15-12(18)16-10)4-6(7)11(17)8-2-1-3-14-8/h4-5,8,11,14,17H,1-3H2,(H2,15,16,18). The fourth-order valence-electron chi connectivity index (χ4n) is 2.50. The van der Waals surface area contributed by atoms with Crippen molar-refractivity contribution in [1.29, 1.82) is 0 Å². The number of aliphatic hydroxyl groups is 1. The Morgan fingerprint density at radius 3 is 2.72 bits per heavy atom. The fraction of sp³-hybridized carbons (Fsp3) is 0.417. The zero-order valence-corrected chi connectivity index (χ0v) is 11.3. The zero-order valence-electron chi connectivity index (χ0n) is 9.66. The molecule has 0 amide bonds. The van der Waals surface area contributed by atoms with Gasteiger partial charge in [-0.05, 0) is 37.1 Å². The van der Waals surface area contributed by atoms with Crippen LogP contribution in [0.2, 0.25) is 0 Å². The van der Waals surface area contributed by atoms with E-state index in [0.717, 1.165) is 40.5 Å². The minimum atomic E-state index is -0.565. The maximum Gasteiger partial charge on any atom is 0.323 e. The molecule has 1 saturated heterocycles. The van der Waals surface area contributed by atoms with E-state index < -0.39 is 6.10 Å². The van der Waals surface area contributed by atoms with Crippen LogP contribution in [-0.2, 0) is 0 Å². The Kier molecular flexibility index (Phi) is 3.01. The van der Waals surface area contributed by atoms with Gasteiger partial charge in [0.1, 0.15) is 0 Å². The van der Waals surface area contributed by atoms with E-state index in [0.29, 0.717) is 0 Å². The lowest BCUT2D eigenvalue weighted by atomic mass is 10.0. The Bertz CT molecular complexity index is 628. The first-order chi connectivity index (χ1) is 8.65. The maximum absolute atomic E-state index is 11.2. The van der Waals surface area contributed by atoms with Gasteiger partial charge in [0, 0.05) is 10.5 Å². The number of H-pyrrole nitrogens is 2. The Balaban J connectivity index is 2.04. The van der Waals surface area contributed by atoms with Gasteiger partial charge in [-0.3, -0.25) is 0 Å². The molecule has 1 aliphatic rings. The smallest absolute Gasteiger partial charge is 0.323 e. The van der Waals surface area contributed by atoms with Crippen molar-refractivity contribution in [2.75, 3.05) is 6.54 Å². The molecule has 1 aliphatic heterocycles. The van der Waals surface area contributed by atoms with Crippen LogP contribution in [0.1, 0.15) is 24.5 Å². The van der Waals surface area contributed by atoms with Crippen molar-refractivity contribution < 1.29 is 5.11 Å². The summed E-state index contributed by atoms with van der Waals surface area (Å²) < 4.78 is 0.812. The minimum Gasteiger partial charge on any atom is -0.387 e. The molecule has 6 heteroatoms. The van der Waals surface area contributed by atoms with Crippen molar-refractivity contribution in [2.45, 2.75) is 25.0 Å². The monoisotopic (exact) mass is 311 g/mol. The van der Waals surface area contributed by atoms with Crippen molar-refractivity contribution in [3.63, 3.8) is 0 Å². The van der Waals surface area contributed by atoms with E-state index in [1.165, 1.54) is 0 Å². The van der Waals surface area contributed by atoms with Gasteiger partial charge in [-0.1, -0.05) is 15.9 Å². The van der Waals surface area contributed by atoms with Gasteiger partial charge < -0.3 is 20.4 Å². The summed E-state index contributed by atoms with van der Waals surface area (Å²) in [7, 11) is 0. The molecule has 5 nitrogen and oxygen atoms in total. The highest BCUT2D eigenvalue weighted by Crippen LogP contribution is 2.31. The number of hydrogen-bond acceptors (Lipinski definition) is 3. The second kappa shape index (κ2) is 4.53. The van der Waals surface area contributed by atoms with Crippen LogP contribution in [0, 0.1) is 0 Å². The molecular formula is C12H14BrN3O2. The van der Waals surface area contributed by atoms with Gasteiger partial charge in [0.25, 0.3) is 0 Å². The Labute approximate surface area is 112 Å². The highest BCUT2D eigenvalue weighted by Gasteiger charge is 2.25. The van der Waals surface area contributed by atoms with E-state index in [1.807, 2.05) is 12.1 Å². The molecule has 18 heavy (non-hydrogen) atoms. The maximum atomic E-state index is 11.2.